The van der Waals surface area contributed by atoms with Crippen LogP contribution in [0.1, 0.15) is 98.3 Å². The summed E-state index contributed by atoms with van der Waals surface area (Å²) in [6.07, 6.45) is 17.1. The molecule has 25 heavy (non-hydrogen) atoms. The lowest BCUT2D eigenvalue weighted by molar-refractivity contribution is 0.443. The van der Waals surface area contributed by atoms with Crippen LogP contribution in [0.5, 0.6) is 0 Å². The fraction of sp³-hybridized carbons (Fsp3) is 0.810. The molecule has 0 aromatic carbocycles. The summed E-state index contributed by atoms with van der Waals surface area (Å²) in [5.41, 5.74) is 4.04. The second-order valence-electron chi connectivity index (χ2n) is 8.45. The van der Waals surface area contributed by atoms with Crippen molar-refractivity contribution >= 4 is 29.0 Å². The highest BCUT2D eigenvalue weighted by molar-refractivity contribution is 7.45. The summed E-state index contributed by atoms with van der Waals surface area (Å²) in [5.74, 6) is 0. The van der Waals surface area contributed by atoms with E-state index in [1.807, 2.05) is 0 Å². The van der Waals surface area contributed by atoms with Gasteiger partial charge in [-0.2, -0.15) is 0 Å². The third-order valence-corrected chi connectivity index (χ3v) is 12.2. The van der Waals surface area contributed by atoms with Gasteiger partial charge in [0.1, 0.15) is 0 Å². The van der Waals surface area contributed by atoms with Crippen LogP contribution in [-0.2, 0) is 0 Å². The number of allylic oxidation sites excluding steroid dienone is 4. The molecule has 0 bridgehead atoms. The highest BCUT2D eigenvalue weighted by Crippen LogP contribution is 2.55. The van der Waals surface area contributed by atoms with Gasteiger partial charge in [0.05, 0.1) is 0 Å². The standard InChI is InChI=1S/C21H37Cl2NSi/c1-17-16-21(4,19(3)18(17)2)25(22,23)24-20-14-12-10-8-6-5-7-9-11-13-15-20/h16,20,24H,5-15H2,1-4H3. The quantitative estimate of drug-likeness (QED) is 0.376. The zero-order valence-corrected chi connectivity index (χ0v) is 19.2. The summed E-state index contributed by atoms with van der Waals surface area (Å²) in [7, 11) is 0. The fourth-order valence-corrected chi connectivity index (χ4v) is 8.64. The van der Waals surface area contributed by atoms with Crippen molar-refractivity contribution in [2.24, 2.45) is 0 Å². The van der Waals surface area contributed by atoms with Crippen molar-refractivity contribution in [3.63, 3.8) is 0 Å². The summed E-state index contributed by atoms with van der Waals surface area (Å²) in [5, 5.41) is -0.200. The molecular weight excluding hydrogens is 365 g/mol. The molecule has 0 aromatic heterocycles. The molecule has 1 nitrogen and oxygen atoms in total. The second kappa shape index (κ2) is 9.44. The van der Waals surface area contributed by atoms with Crippen LogP contribution in [0, 0.1) is 0 Å². The lowest BCUT2D eigenvalue weighted by atomic mass is 9.98. The number of rotatable bonds is 3. The van der Waals surface area contributed by atoms with Gasteiger partial charge < -0.3 is 4.98 Å². The molecule has 2 rings (SSSR count). The van der Waals surface area contributed by atoms with Crippen LogP contribution in [0.4, 0.5) is 0 Å². The molecule has 0 spiro atoms. The predicted molar refractivity (Wildman–Crippen MR) is 116 cm³/mol. The Bertz CT molecular complexity index is 500. The van der Waals surface area contributed by atoms with Crippen molar-refractivity contribution in [2.45, 2.75) is 109 Å². The van der Waals surface area contributed by atoms with Gasteiger partial charge in [-0.25, -0.2) is 0 Å². The van der Waals surface area contributed by atoms with Gasteiger partial charge in [0.25, 0.3) is 0 Å². The zero-order chi connectivity index (χ0) is 18.5. The van der Waals surface area contributed by atoms with Crippen LogP contribution in [0.2, 0.25) is 5.04 Å². The van der Waals surface area contributed by atoms with E-state index in [4.69, 9.17) is 22.2 Å². The number of hydrogen-bond acceptors (Lipinski definition) is 1. The summed E-state index contributed by atoms with van der Waals surface area (Å²) in [6, 6.07) is 0.473. The van der Waals surface area contributed by atoms with Crippen LogP contribution >= 0.6 is 22.2 Å². The zero-order valence-electron chi connectivity index (χ0n) is 16.7. The third kappa shape index (κ3) is 5.37. The Labute approximate surface area is 166 Å². The van der Waals surface area contributed by atoms with E-state index in [-0.39, 0.29) is 5.04 Å². The molecule has 1 saturated carbocycles. The first-order chi connectivity index (χ1) is 11.8. The van der Waals surface area contributed by atoms with Gasteiger partial charge in [0, 0.05) is 11.1 Å². The summed E-state index contributed by atoms with van der Waals surface area (Å²) >= 11 is 14.2. The molecular formula is C21H37Cl2NSi. The lowest BCUT2D eigenvalue weighted by Crippen LogP contribution is -2.54. The normalized spacial score (nSPS) is 28.5. The first kappa shape index (κ1) is 21.5. The maximum atomic E-state index is 7.08. The average molecular weight is 403 g/mol. The summed E-state index contributed by atoms with van der Waals surface area (Å²) < 4.78 is 0. The minimum atomic E-state index is -2.66. The van der Waals surface area contributed by atoms with Crippen LogP contribution < -0.4 is 4.98 Å². The van der Waals surface area contributed by atoms with Gasteiger partial charge in [0.2, 0.25) is 0 Å². The predicted octanol–water partition coefficient (Wildman–Crippen LogP) is 7.72. The molecule has 1 atom stereocenters. The molecule has 0 radical (unpaired) electrons. The molecule has 1 unspecified atom stereocenters. The van der Waals surface area contributed by atoms with Crippen molar-refractivity contribution in [3.8, 4) is 0 Å². The third-order valence-electron chi connectivity index (χ3n) is 6.58. The van der Waals surface area contributed by atoms with E-state index in [0.29, 0.717) is 6.04 Å². The van der Waals surface area contributed by atoms with Gasteiger partial charge in [-0.3, -0.25) is 0 Å². The van der Waals surface area contributed by atoms with Crippen molar-refractivity contribution in [1.82, 2.24) is 4.98 Å². The van der Waals surface area contributed by atoms with E-state index >= 15 is 0 Å². The Hall–Kier alpha value is 0.237. The van der Waals surface area contributed by atoms with E-state index in [9.17, 15) is 0 Å². The van der Waals surface area contributed by atoms with Crippen molar-refractivity contribution in [3.05, 3.63) is 22.8 Å². The van der Waals surface area contributed by atoms with E-state index in [2.05, 4.69) is 38.8 Å². The van der Waals surface area contributed by atoms with E-state index in [1.54, 1.807) is 0 Å². The second-order valence-corrected chi connectivity index (χ2v) is 14.9. The fourth-order valence-electron chi connectivity index (χ4n) is 4.37. The van der Waals surface area contributed by atoms with Gasteiger partial charge in [0.15, 0.2) is 0 Å². The monoisotopic (exact) mass is 401 g/mol. The summed E-state index contributed by atoms with van der Waals surface area (Å²) in [4.78, 5) is 3.79. The topological polar surface area (TPSA) is 12.0 Å². The van der Waals surface area contributed by atoms with E-state index in [1.165, 1.54) is 87.3 Å². The molecule has 2 aliphatic carbocycles. The maximum Gasteiger partial charge on any atom is 0.335 e. The van der Waals surface area contributed by atoms with Crippen LogP contribution in [0.15, 0.2) is 22.8 Å². The van der Waals surface area contributed by atoms with Gasteiger partial charge in [-0.05, 0) is 39.2 Å². The Kier molecular flexibility index (Phi) is 8.13. The Morgan fingerprint density at radius 2 is 1.32 bits per heavy atom. The largest absolute Gasteiger partial charge is 0.335 e. The molecule has 0 saturated heterocycles. The summed E-state index contributed by atoms with van der Waals surface area (Å²) in [6.45, 7) is 6.15. The molecule has 0 aromatic rings. The first-order valence-corrected chi connectivity index (χ1v) is 14.3. The van der Waals surface area contributed by atoms with Crippen molar-refractivity contribution in [2.75, 3.05) is 0 Å². The molecule has 4 heteroatoms. The molecule has 0 aliphatic heterocycles. The highest BCUT2D eigenvalue weighted by atomic mass is 35.7. The molecule has 0 amide bonds. The smallest absolute Gasteiger partial charge is 0.310 e. The molecule has 1 N–H and O–H groups in total. The SMILES string of the molecule is CC1=CC(C)([Si](Cl)(Cl)NC2CCCCCCCCCCC2)C(C)=C1C. The van der Waals surface area contributed by atoms with Crippen LogP contribution in [-0.4, -0.2) is 12.9 Å². The number of halogens is 2. The van der Waals surface area contributed by atoms with Gasteiger partial charge >= 0.3 is 6.86 Å². The van der Waals surface area contributed by atoms with Crippen molar-refractivity contribution in [1.29, 1.82) is 0 Å². The highest BCUT2D eigenvalue weighted by Gasteiger charge is 2.52. The van der Waals surface area contributed by atoms with Gasteiger partial charge in [-0.15, -0.1) is 22.2 Å². The molecule has 144 valence electrons. The first-order valence-electron chi connectivity index (χ1n) is 10.3. The lowest BCUT2D eigenvalue weighted by Gasteiger charge is -2.38. The number of nitrogens with one attached hydrogen (secondary N) is 1. The van der Waals surface area contributed by atoms with Crippen LogP contribution in [0.25, 0.3) is 0 Å². The Morgan fingerprint density at radius 3 is 1.72 bits per heavy atom. The molecule has 2 aliphatic rings. The molecule has 1 fully saturated rings. The van der Waals surface area contributed by atoms with Gasteiger partial charge in [-0.1, -0.05) is 81.9 Å². The average Bonchev–Trinajstić information content (AvgIpc) is 2.74. The van der Waals surface area contributed by atoms with Crippen LogP contribution in [0.3, 0.4) is 0 Å². The van der Waals surface area contributed by atoms with E-state index in [0.717, 1.165) is 0 Å². The Balaban J connectivity index is 2.05. The minimum absolute atomic E-state index is 0.200. The molecule has 0 heterocycles. The van der Waals surface area contributed by atoms with Crippen molar-refractivity contribution < 1.29 is 0 Å². The minimum Gasteiger partial charge on any atom is -0.310 e. The number of hydrogen-bond donors (Lipinski definition) is 1. The Morgan fingerprint density at radius 1 is 0.880 bits per heavy atom. The van der Waals surface area contributed by atoms with E-state index < -0.39 is 6.86 Å². The maximum absolute atomic E-state index is 7.08.